The molecule has 4 heteroatoms. The highest BCUT2D eigenvalue weighted by molar-refractivity contribution is 7.12. The molecule has 1 aromatic heterocycles. The molecule has 2 unspecified atom stereocenters. The highest BCUT2D eigenvalue weighted by Gasteiger charge is 2.44. The quantitative estimate of drug-likeness (QED) is 0.908. The molecular formula is C14H23N3S. The number of nitrogens with zero attached hydrogens (tertiary/aromatic N) is 2. The predicted molar refractivity (Wildman–Crippen MR) is 76.2 cm³/mol. The van der Waals surface area contributed by atoms with Gasteiger partial charge in [0.2, 0.25) is 0 Å². The van der Waals surface area contributed by atoms with E-state index >= 15 is 0 Å². The van der Waals surface area contributed by atoms with Crippen molar-refractivity contribution in [2.75, 3.05) is 20.1 Å². The Hall–Kier alpha value is -0.450. The Bertz CT molecular complexity index is 409. The van der Waals surface area contributed by atoms with Crippen LogP contribution in [0, 0.1) is 0 Å². The van der Waals surface area contributed by atoms with Crippen LogP contribution in [-0.4, -0.2) is 36.1 Å². The molecule has 1 aliphatic heterocycles. The molecule has 100 valence electrons. The summed E-state index contributed by atoms with van der Waals surface area (Å²) in [6.07, 6.45) is 4.93. The Morgan fingerprint density at radius 3 is 2.94 bits per heavy atom. The largest absolute Gasteiger partial charge is 0.305 e. The molecule has 2 atom stereocenters. The minimum Gasteiger partial charge on any atom is -0.305 e. The molecule has 0 saturated carbocycles. The fourth-order valence-corrected chi connectivity index (χ4v) is 4.71. The van der Waals surface area contributed by atoms with Crippen LogP contribution < -0.4 is 5.32 Å². The molecule has 3 rings (SSSR count). The van der Waals surface area contributed by atoms with Crippen molar-refractivity contribution in [2.24, 2.45) is 0 Å². The smallest absolute Gasteiger partial charge is 0.115 e. The molecule has 0 spiro atoms. The first kappa shape index (κ1) is 12.6. The third-order valence-corrected chi connectivity index (χ3v) is 5.80. The van der Waals surface area contributed by atoms with Crippen molar-refractivity contribution in [2.45, 2.75) is 51.1 Å². The zero-order chi connectivity index (χ0) is 12.8. The lowest BCUT2D eigenvalue weighted by molar-refractivity contribution is 0.301. The molecule has 1 N–H and O–H groups in total. The van der Waals surface area contributed by atoms with Crippen LogP contribution in [0.2, 0.25) is 0 Å². The molecular weight excluding hydrogens is 242 g/mol. The zero-order valence-electron chi connectivity index (χ0n) is 11.6. The first-order valence-corrected chi connectivity index (χ1v) is 7.90. The van der Waals surface area contributed by atoms with Gasteiger partial charge in [0.25, 0.3) is 0 Å². The van der Waals surface area contributed by atoms with Gasteiger partial charge in [0.15, 0.2) is 0 Å². The molecule has 18 heavy (non-hydrogen) atoms. The number of fused-ring (bicyclic) bond motifs is 1. The van der Waals surface area contributed by atoms with Gasteiger partial charge in [-0.1, -0.05) is 6.92 Å². The van der Waals surface area contributed by atoms with Gasteiger partial charge in [0, 0.05) is 17.5 Å². The number of hydrogen-bond donors (Lipinski definition) is 1. The maximum Gasteiger partial charge on any atom is 0.115 e. The molecule has 1 aliphatic carbocycles. The van der Waals surface area contributed by atoms with E-state index in [2.05, 4.69) is 31.1 Å². The number of nitrogens with one attached hydrogen (secondary N) is 1. The highest BCUT2D eigenvalue weighted by atomic mass is 32.1. The van der Waals surface area contributed by atoms with Gasteiger partial charge in [-0.25, -0.2) is 4.98 Å². The lowest BCUT2D eigenvalue weighted by atomic mass is 9.97. The molecule has 2 heterocycles. The number of aromatic nitrogens is 1. The van der Waals surface area contributed by atoms with Crippen molar-refractivity contribution < 1.29 is 0 Å². The van der Waals surface area contributed by atoms with Gasteiger partial charge < -0.3 is 10.2 Å². The summed E-state index contributed by atoms with van der Waals surface area (Å²) in [6.45, 7) is 6.63. The summed E-state index contributed by atoms with van der Waals surface area (Å²) >= 11 is 1.96. The van der Waals surface area contributed by atoms with Crippen molar-refractivity contribution in [3.63, 3.8) is 0 Å². The number of likely N-dealkylation sites (N-methyl/N-ethyl adjacent to an activating group) is 2. The average molecular weight is 265 g/mol. The number of hydrogen-bond acceptors (Lipinski definition) is 4. The lowest BCUT2D eigenvalue weighted by Gasteiger charge is -2.27. The van der Waals surface area contributed by atoms with Gasteiger partial charge in [-0.05, 0) is 46.2 Å². The summed E-state index contributed by atoms with van der Waals surface area (Å²) in [5.41, 5.74) is 1.49. The summed E-state index contributed by atoms with van der Waals surface area (Å²) in [6, 6.07) is 0.641. The zero-order valence-corrected chi connectivity index (χ0v) is 12.4. The molecule has 1 aromatic rings. The number of aryl methyl sites for hydroxylation is 2. The molecule has 1 saturated heterocycles. The fraction of sp³-hybridized carbons (Fsp3) is 0.786. The van der Waals surface area contributed by atoms with E-state index in [1.807, 2.05) is 11.3 Å². The minimum absolute atomic E-state index is 0.109. The average Bonchev–Trinajstić information content (AvgIpc) is 2.93. The first-order valence-electron chi connectivity index (χ1n) is 7.09. The normalized spacial score (nSPS) is 32.1. The van der Waals surface area contributed by atoms with Gasteiger partial charge in [0.1, 0.15) is 5.01 Å². The summed E-state index contributed by atoms with van der Waals surface area (Å²) in [5.74, 6) is 0. The van der Waals surface area contributed by atoms with Gasteiger partial charge >= 0.3 is 0 Å². The third-order valence-electron chi connectivity index (χ3n) is 4.44. The Balaban J connectivity index is 1.94. The van der Waals surface area contributed by atoms with Gasteiger partial charge in [-0.2, -0.15) is 0 Å². The Labute approximate surface area is 114 Å². The standard InChI is InChI=1S/C14H23N3S/c1-4-15-14(8-10(2)17(3)9-14)13-16-11-6-5-7-12(11)18-13/h10,15H,4-9H2,1-3H3. The van der Waals surface area contributed by atoms with Crippen molar-refractivity contribution in [1.82, 2.24) is 15.2 Å². The number of thiazole rings is 1. The van der Waals surface area contributed by atoms with Crippen molar-refractivity contribution in [3.8, 4) is 0 Å². The highest BCUT2D eigenvalue weighted by Crippen LogP contribution is 2.40. The van der Waals surface area contributed by atoms with Crippen LogP contribution in [0.5, 0.6) is 0 Å². The van der Waals surface area contributed by atoms with Crippen LogP contribution >= 0.6 is 11.3 Å². The Morgan fingerprint density at radius 2 is 2.33 bits per heavy atom. The topological polar surface area (TPSA) is 28.2 Å². The number of rotatable bonds is 3. The second-order valence-electron chi connectivity index (χ2n) is 5.82. The fourth-order valence-electron chi connectivity index (χ4n) is 3.40. The lowest BCUT2D eigenvalue weighted by Crippen LogP contribution is -2.44. The first-order chi connectivity index (χ1) is 8.64. The van der Waals surface area contributed by atoms with E-state index in [-0.39, 0.29) is 5.54 Å². The Kier molecular flexibility index (Phi) is 3.20. The second kappa shape index (κ2) is 4.58. The van der Waals surface area contributed by atoms with Crippen LogP contribution in [0.25, 0.3) is 0 Å². The van der Waals surface area contributed by atoms with Gasteiger partial charge in [-0.3, -0.25) is 0 Å². The molecule has 0 aromatic carbocycles. The summed E-state index contributed by atoms with van der Waals surface area (Å²) in [7, 11) is 2.23. The van der Waals surface area contributed by atoms with Crippen molar-refractivity contribution in [1.29, 1.82) is 0 Å². The van der Waals surface area contributed by atoms with Crippen molar-refractivity contribution in [3.05, 3.63) is 15.6 Å². The van der Waals surface area contributed by atoms with E-state index in [1.165, 1.54) is 36.4 Å². The molecule has 0 bridgehead atoms. The second-order valence-corrected chi connectivity index (χ2v) is 6.91. The SMILES string of the molecule is CCNC1(c2nc3c(s2)CCC3)CC(C)N(C)C1. The summed E-state index contributed by atoms with van der Waals surface area (Å²) < 4.78 is 0. The van der Waals surface area contributed by atoms with Crippen LogP contribution in [0.4, 0.5) is 0 Å². The summed E-state index contributed by atoms with van der Waals surface area (Å²) in [4.78, 5) is 8.96. The molecule has 0 amide bonds. The molecule has 3 nitrogen and oxygen atoms in total. The molecule has 0 radical (unpaired) electrons. The monoisotopic (exact) mass is 265 g/mol. The van der Waals surface area contributed by atoms with Crippen LogP contribution in [0.15, 0.2) is 0 Å². The van der Waals surface area contributed by atoms with Crippen LogP contribution in [0.3, 0.4) is 0 Å². The van der Waals surface area contributed by atoms with Crippen molar-refractivity contribution >= 4 is 11.3 Å². The van der Waals surface area contributed by atoms with E-state index < -0.39 is 0 Å². The van der Waals surface area contributed by atoms with E-state index in [1.54, 1.807) is 4.88 Å². The van der Waals surface area contributed by atoms with Crippen LogP contribution in [-0.2, 0) is 18.4 Å². The molecule has 2 aliphatic rings. The van der Waals surface area contributed by atoms with E-state index in [0.717, 1.165) is 13.1 Å². The maximum atomic E-state index is 4.96. The molecule has 1 fully saturated rings. The van der Waals surface area contributed by atoms with Gasteiger partial charge in [0.05, 0.1) is 11.2 Å². The maximum absolute atomic E-state index is 4.96. The Morgan fingerprint density at radius 1 is 1.50 bits per heavy atom. The van der Waals surface area contributed by atoms with E-state index in [9.17, 15) is 0 Å². The number of likely N-dealkylation sites (tertiary alicyclic amines) is 1. The predicted octanol–water partition coefficient (Wildman–Crippen LogP) is 2.16. The van der Waals surface area contributed by atoms with E-state index in [0.29, 0.717) is 6.04 Å². The van der Waals surface area contributed by atoms with E-state index in [4.69, 9.17) is 4.98 Å². The minimum atomic E-state index is 0.109. The summed E-state index contributed by atoms with van der Waals surface area (Å²) in [5, 5.41) is 5.07. The third kappa shape index (κ3) is 1.91. The van der Waals surface area contributed by atoms with Gasteiger partial charge in [-0.15, -0.1) is 11.3 Å². The van der Waals surface area contributed by atoms with Crippen LogP contribution in [0.1, 0.15) is 42.3 Å².